The van der Waals surface area contributed by atoms with Gasteiger partial charge in [0.05, 0.1) is 23.8 Å². The van der Waals surface area contributed by atoms with Crippen LogP contribution in [0.4, 0.5) is 14.7 Å². The molecule has 0 aliphatic rings. The van der Waals surface area contributed by atoms with Crippen molar-refractivity contribution < 1.29 is 23.4 Å². The second-order valence-corrected chi connectivity index (χ2v) is 7.29. The molecule has 11 heteroatoms. The van der Waals surface area contributed by atoms with Gasteiger partial charge >= 0.3 is 6.61 Å². The van der Waals surface area contributed by atoms with Crippen LogP contribution in [-0.4, -0.2) is 40.2 Å². The van der Waals surface area contributed by atoms with Gasteiger partial charge < -0.3 is 20.9 Å². The number of aromatic nitrogens is 2. The number of benzene rings is 2. The molecule has 3 rings (SSSR count). The third-order valence-corrected chi connectivity index (χ3v) is 4.68. The fraction of sp³-hybridized carbons (Fsp3) is 0.174. The van der Waals surface area contributed by atoms with Gasteiger partial charge in [0.2, 0.25) is 5.95 Å². The number of aliphatic hydroxyl groups excluding tert-OH is 1. The highest BCUT2D eigenvalue weighted by Crippen LogP contribution is 2.20. The zero-order valence-corrected chi connectivity index (χ0v) is 19.1. The summed E-state index contributed by atoms with van der Waals surface area (Å²) in [6, 6.07) is 10.2. The Bertz CT molecular complexity index is 1170. The fourth-order valence-electron chi connectivity index (χ4n) is 2.87. The maximum Gasteiger partial charge on any atom is 0.387 e. The Kier molecular flexibility index (Phi) is 10.0. The van der Waals surface area contributed by atoms with Crippen molar-refractivity contribution in [2.45, 2.75) is 19.1 Å². The van der Waals surface area contributed by atoms with Crippen molar-refractivity contribution in [2.24, 2.45) is 0 Å². The number of halogens is 4. The lowest BCUT2D eigenvalue weighted by Gasteiger charge is -2.17. The summed E-state index contributed by atoms with van der Waals surface area (Å²) in [7, 11) is 0. The number of aliphatic hydroxyl groups is 1. The number of amides is 1. The van der Waals surface area contributed by atoms with Gasteiger partial charge in [0.1, 0.15) is 5.75 Å². The summed E-state index contributed by atoms with van der Waals surface area (Å²) >= 11 is 5.89. The van der Waals surface area contributed by atoms with E-state index in [1.165, 1.54) is 30.6 Å². The van der Waals surface area contributed by atoms with E-state index in [2.05, 4.69) is 31.9 Å². The number of nitrogens with one attached hydrogen (secondary N) is 1. The number of carbonyl (C=O) groups is 1. The summed E-state index contributed by atoms with van der Waals surface area (Å²) in [5.74, 6) is 4.90. The normalized spacial score (nSPS) is 11.1. The quantitative estimate of drug-likeness (QED) is 0.421. The second kappa shape index (κ2) is 12.7. The van der Waals surface area contributed by atoms with E-state index in [4.69, 9.17) is 17.3 Å². The number of hydrogen-bond donors (Lipinski definition) is 3. The molecule has 1 atom stereocenters. The lowest BCUT2D eigenvalue weighted by atomic mass is 10.0. The van der Waals surface area contributed by atoms with E-state index in [1.807, 2.05) is 0 Å². The van der Waals surface area contributed by atoms with Crippen LogP contribution < -0.4 is 15.8 Å². The van der Waals surface area contributed by atoms with Crippen molar-refractivity contribution in [3.05, 3.63) is 82.1 Å². The van der Waals surface area contributed by atoms with E-state index < -0.39 is 18.6 Å². The van der Waals surface area contributed by atoms with Crippen molar-refractivity contribution in [3.8, 4) is 17.6 Å². The molecule has 0 spiro atoms. The van der Waals surface area contributed by atoms with Gasteiger partial charge in [-0.25, -0.2) is 9.97 Å². The Morgan fingerprint density at radius 3 is 2.44 bits per heavy atom. The van der Waals surface area contributed by atoms with Gasteiger partial charge in [0, 0.05) is 23.0 Å². The molecular weight excluding hydrogens is 489 g/mol. The summed E-state index contributed by atoms with van der Waals surface area (Å²) in [6.07, 6.45) is 3.14. The lowest BCUT2D eigenvalue weighted by molar-refractivity contribution is -0.0498. The number of alkyl halides is 2. The number of hydrogen-bond acceptors (Lipinski definition) is 6. The van der Waals surface area contributed by atoms with E-state index >= 15 is 0 Å². The summed E-state index contributed by atoms with van der Waals surface area (Å²) in [6.45, 7) is -3.35. The smallest absolute Gasteiger partial charge is 0.387 e. The first-order valence-electron chi connectivity index (χ1n) is 9.68. The van der Waals surface area contributed by atoms with Crippen molar-refractivity contribution in [3.63, 3.8) is 0 Å². The maximum absolute atomic E-state index is 12.9. The molecular formula is C23H20Cl2F2N4O3. The number of carbonyl (C=O) groups excluding carboxylic acids is 1. The van der Waals surface area contributed by atoms with E-state index in [0.29, 0.717) is 17.0 Å². The van der Waals surface area contributed by atoms with E-state index in [-0.39, 0.29) is 41.8 Å². The second-order valence-electron chi connectivity index (χ2n) is 6.85. The highest BCUT2D eigenvalue weighted by atomic mass is 35.5. The summed E-state index contributed by atoms with van der Waals surface area (Å²) in [4.78, 5) is 20.6. The number of ether oxygens (including phenoxy) is 1. The Morgan fingerprint density at radius 1 is 1.15 bits per heavy atom. The Balaban J connectivity index is 0.00000408. The first-order chi connectivity index (χ1) is 15.8. The van der Waals surface area contributed by atoms with Gasteiger partial charge in [-0.2, -0.15) is 8.78 Å². The number of rotatable bonds is 7. The molecule has 1 heterocycles. The summed E-state index contributed by atoms with van der Waals surface area (Å²) in [5, 5.41) is 13.0. The highest BCUT2D eigenvalue weighted by Gasteiger charge is 2.17. The molecule has 0 aliphatic carbocycles. The molecule has 0 unspecified atom stereocenters. The zero-order valence-electron chi connectivity index (χ0n) is 17.5. The molecule has 3 aromatic rings. The fourth-order valence-corrected chi connectivity index (χ4v) is 3.00. The molecule has 0 saturated heterocycles. The third kappa shape index (κ3) is 7.85. The van der Waals surface area contributed by atoms with Crippen molar-refractivity contribution in [2.75, 3.05) is 12.3 Å². The molecule has 0 aliphatic heterocycles. The molecule has 4 N–H and O–H groups in total. The Labute approximate surface area is 205 Å². The predicted octanol–water partition coefficient (Wildman–Crippen LogP) is 3.47. The number of nitrogen functional groups attached to an aromatic ring is 1. The molecule has 1 aromatic heterocycles. The largest absolute Gasteiger partial charge is 0.435 e. The van der Waals surface area contributed by atoms with Gasteiger partial charge in [0.25, 0.3) is 5.91 Å². The average Bonchev–Trinajstić information content (AvgIpc) is 2.79. The van der Waals surface area contributed by atoms with Gasteiger partial charge in [-0.3, -0.25) is 4.79 Å². The SMILES string of the molecule is Cl.Nc1ncc(C#Cc2cc(OC(F)F)ccc2C(=O)N[C@H](CO)Cc2ccc(Cl)cc2)cn1. The van der Waals surface area contributed by atoms with Crippen LogP contribution in [-0.2, 0) is 6.42 Å². The molecule has 0 fully saturated rings. The van der Waals surface area contributed by atoms with Gasteiger partial charge in [0.15, 0.2) is 0 Å². The Hall–Kier alpha value is -3.45. The van der Waals surface area contributed by atoms with E-state index in [0.717, 1.165) is 5.56 Å². The number of nitrogens with zero attached hydrogens (tertiary/aromatic N) is 2. The van der Waals surface area contributed by atoms with Crippen molar-refractivity contribution in [1.82, 2.24) is 15.3 Å². The third-order valence-electron chi connectivity index (χ3n) is 4.43. The van der Waals surface area contributed by atoms with Crippen LogP contribution >= 0.6 is 24.0 Å². The van der Waals surface area contributed by atoms with Gasteiger partial charge in [-0.15, -0.1) is 12.4 Å². The van der Waals surface area contributed by atoms with Crippen LogP contribution in [0.2, 0.25) is 5.02 Å². The summed E-state index contributed by atoms with van der Waals surface area (Å²) < 4.78 is 29.7. The highest BCUT2D eigenvalue weighted by molar-refractivity contribution is 6.30. The van der Waals surface area contributed by atoms with Crippen molar-refractivity contribution in [1.29, 1.82) is 0 Å². The first kappa shape index (κ1) is 26.8. The van der Waals surface area contributed by atoms with Gasteiger partial charge in [-0.1, -0.05) is 35.6 Å². The Morgan fingerprint density at radius 2 is 1.82 bits per heavy atom. The molecule has 0 saturated carbocycles. The van der Waals surface area contributed by atoms with Crippen LogP contribution in [0.15, 0.2) is 54.9 Å². The lowest BCUT2D eigenvalue weighted by Crippen LogP contribution is -2.39. The van der Waals surface area contributed by atoms with Crippen LogP contribution in [0.5, 0.6) is 5.75 Å². The van der Waals surface area contributed by atoms with Crippen LogP contribution in [0.3, 0.4) is 0 Å². The van der Waals surface area contributed by atoms with Crippen LogP contribution in [0.1, 0.15) is 27.0 Å². The molecule has 34 heavy (non-hydrogen) atoms. The monoisotopic (exact) mass is 508 g/mol. The average molecular weight is 509 g/mol. The van der Waals surface area contributed by atoms with Crippen LogP contribution in [0.25, 0.3) is 0 Å². The zero-order chi connectivity index (χ0) is 23.8. The standard InChI is InChI=1S/C23H19ClF2N4O3.ClH/c24-17-5-2-14(3-6-17)9-18(13-31)30-21(32)20-8-7-19(33-22(25)26)10-16(20)4-1-15-11-28-23(27)29-12-15;/h2-3,5-8,10-12,18,22,31H,9,13H2,(H,30,32)(H2,27,28,29);1H/t18-;/m0./s1. The first-order valence-corrected chi connectivity index (χ1v) is 10.1. The van der Waals surface area contributed by atoms with Crippen LogP contribution in [0, 0.1) is 11.8 Å². The van der Waals surface area contributed by atoms with E-state index in [1.54, 1.807) is 24.3 Å². The number of anilines is 1. The van der Waals surface area contributed by atoms with E-state index in [9.17, 15) is 18.7 Å². The molecule has 178 valence electrons. The minimum absolute atomic E-state index is 0. The molecule has 7 nitrogen and oxygen atoms in total. The summed E-state index contributed by atoms with van der Waals surface area (Å²) in [5.41, 5.74) is 6.99. The topological polar surface area (TPSA) is 110 Å². The maximum atomic E-state index is 12.9. The molecule has 2 aromatic carbocycles. The minimum Gasteiger partial charge on any atom is -0.435 e. The van der Waals surface area contributed by atoms with Gasteiger partial charge in [-0.05, 0) is 42.3 Å². The minimum atomic E-state index is -3.03. The number of nitrogens with two attached hydrogens (primary N) is 1. The molecule has 1 amide bonds. The molecule has 0 bridgehead atoms. The molecule has 0 radical (unpaired) electrons. The van der Waals surface area contributed by atoms with Crippen molar-refractivity contribution >= 4 is 35.9 Å². The predicted molar refractivity (Wildman–Crippen MR) is 126 cm³/mol.